The predicted octanol–water partition coefficient (Wildman–Crippen LogP) is 1.51. The zero-order valence-corrected chi connectivity index (χ0v) is 9.57. The second-order valence-corrected chi connectivity index (χ2v) is 4.66. The molecule has 1 aromatic rings. The summed E-state index contributed by atoms with van der Waals surface area (Å²) in [4.78, 5) is 16.9. The lowest BCUT2D eigenvalue weighted by molar-refractivity contribution is -0.103. The quantitative estimate of drug-likeness (QED) is 0.847. The summed E-state index contributed by atoms with van der Waals surface area (Å²) in [6, 6.07) is 6.39. The maximum Gasteiger partial charge on any atom is 0.360 e. The van der Waals surface area contributed by atoms with E-state index in [9.17, 15) is 9.90 Å². The Hall–Kier alpha value is -1.20. The third-order valence-corrected chi connectivity index (χ3v) is 3.25. The van der Waals surface area contributed by atoms with Crippen LogP contribution >= 0.6 is 11.8 Å². The highest BCUT2D eigenvalue weighted by Crippen LogP contribution is 2.18. The SMILES string of the molecule is O=C(ON1CCSCC1)c1ccccc1O. The van der Waals surface area contributed by atoms with Crippen molar-refractivity contribution in [1.29, 1.82) is 0 Å². The number of nitrogens with zero attached hydrogens (tertiary/aromatic N) is 1. The molecule has 16 heavy (non-hydrogen) atoms. The van der Waals surface area contributed by atoms with Crippen molar-refractivity contribution < 1.29 is 14.7 Å². The average Bonchev–Trinajstić information content (AvgIpc) is 2.31. The first-order valence-corrected chi connectivity index (χ1v) is 6.26. The summed E-state index contributed by atoms with van der Waals surface area (Å²) in [7, 11) is 0. The number of para-hydroxylation sites is 1. The van der Waals surface area contributed by atoms with Gasteiger partial charge >= 0.3 is 5.97 Å². The molecule has 0 aliphatic carbocycles. The zero-order valence-electron chi connectivity index (χ0n) is 8.76. The van der Waals surface area contributed by atoms with E-state index in [-0.39, 0.29) is 11.3 Å². The zero-order chi connectivity index (χ0) is 11.4. The smallest absolute Gasteiger partial charge is 0.360 e. The summed E-state index contributed by atoms with van der Waals surface area (Å²) in [6.07, 6.45) is 0. The van der Waals surface area contributed by atoms with Crippen LogP contribution in [0.2, 0.25) is 0 Å². The molecule has 0 aromatic heterocycles. The normalized spacial score (nSPS) is 17.0. The largest absolute Gasteiger partial charge is 0.507 e. The number of phenolic OH excluding ortho intramolecular Hbond substituents is 1. The monoisotopic (exact) mass is 239 g/mol. The Kier molecular flexibility index (Phi) is 3.69. The summed E-state index contributed by atoms with van der Waals surface area (Å²) < 4.78 is 0. The van der Waals surface area contributed by atoms with Crippen LogP contribution < -0.4 is 0 Å². The van der Waals surface area contributed by atoms with Crippen LogP contribution in [0, 0.1) is 0 Å². The molecule has 1 aliphatic rings. The molecule has 1 aliphatic heterocycles. The van der Waals surface area contributed by atoms with Gasteiger partial charge in [-0.1, -0.05) is 12.1 Å². The number of benzene rings is 1. The Morgan fingerprint density at radius 2 is 2.00 bits per heavy atom. The number of rotatable bonds is 2. The highest BCUT2D eigenvalue weighted by Gasteiger charge is 2.18. The minimum atomic E-state index is -0.495. The Morgan fingerprint density at radius 1 is 1.31 bits per heavy atom. The number of thioether (sulfide) groups is 1. The number of hydroxylamine groups is 2. The first-order valence-electron chi connectivity index (χ1n) is 5.10. The summed E-state index contributed by atoms with van der Waals surface area (Å²) in [5.41, 5.74) is 0.209. The first kappa shape index (κ1) is 11.3. The number of hydrogen-bond acceptors (Lipinski definition) is 5. The fraction of sp³-hybridized carbons (Fsp3) is 0.364. The molecular weight excluding hydrogens is 226 g/mol. The molecule has 0 atom stereocenters. The predicted molar refractivity (Wildman–Crippen MR) is 62.4 cm³/mol. The lowest BCUT2D eigenvalue weighted by atomic mass is 10.2. The van der Waals surface area contributed by atoms with Crippen LogP contribution in [0.15, 0.2) is 24.3 Å². The minimum Gasteiger partial charge on any atom is -0.507 e. The average molecular weight is 239 g/mol. The molecule has 86 valence electrons. The van der Waals surface area contributed by atoms with E-state index in [1.165, 1.54) is 6.07 Å². The van der Waals surface area contributed by atoms with Gasteiger partial charge in [-0.3, -0.25) is 0 Å². The summed E-state index contributed by atoms with van der Waals surface area (Å²) in [6.45, 7) is 1.48. The van der Waals surface area contributed by atoms with E-state index < -0.39 is 5.97 Å². The van der Waals surface area contributed by atoms with Gasteiger partial charge in [0, 0.05) is 24.6 Å². The third-order valence-electron chi connectivity index (χ3n) is 2.31. The molecule has 4 nitrogen and oxygen atoms in total. The third kappa shape index (κ3) is 2.68. The van der Waals surface area contributed by atoms with E-state index in [2.05, 4.69) is 0 Å². The number of phenols is 1. The number of carbonyl (C=O) groups excluding carboxylic acids is 1. The highest BCUT2D eigenvalue weighted by atomic mass is 32.2. The van der Waals surface area contributed by atoms with Gasteiger partial charge in [0.05, 0.1) is 0 Å². The van der Waals surface area contributed by atoms with Crippen molar-refractivity contribution >= 4 is 17.7 Å². The van der Waals surface area contributed by atoms with Gasteiger partial charge in [-0.25, -0.2) is 4.79 Å². The van der Waals surface area contributed by atoms with Crippen LogP contribution in [0.3, 0.4) is 0 Å². The summed E-state index contributed by atoms with van der Waals surface area (Å²) in [5, 5.41) is 11.1. The van der Waals surface area contributed by atoms with Crippen LogP contribution in [0.4, 0.5) is 0 Å². The highest BCUT2D eigenvalue weighted by molar-refractivity contribution is 7.99. The Labute approximate surface area is 98.2 Å². The molecule has 0 amide bonds. The topological polar surface area (TPSA) is 49.8 Å². The Bertz CT molecular complexity index is 377. The second-order valence-electron chi connectivity index (χ2n) is 3.44. The fourth-order valence-electron chi connectivity index (χ4n) is 1.45. The van der Waals surface area contributed by atoms with Crippen LogP contribution in [0.1, 0.15) is 10.4 Å². The van der Waals surface area contributed by atoms with Crippen LogP contribution in [0.25, 0.3) is 0 Å². The molecule has 1 fully saturated rings. The maximum atomic E-state index is 11.7. The molecule has 0 radical (unpaired) electrons. The van der Waals surface area contributed by atoms with Gasteiger partial charge in [-0.2, -0.15) is 11.8 Å². The number of carbonyl (C=O) groups is 1. The molecule has 2 rings (SSSR count). The van der Waals surface area contributed by atoms with Gasteiger partial charge in [0.25, 0.3) is 0 Å². The number of hydrogen-bond donors (Lipinski definition) is 1. The molecule has 0 spiro atoms. The molecule has 1 N–H and O–H groups in total. The van der Waals surface area contributed by atoms with E-state index in [0.717, 1.165) is 24.6 Å². The fourth-order valence-corrected chi connectivity index (χ4v) is 2.32. The first-order chi connectivity index (χ1) is 7.77. The van der Waals surface area contributed by atoms with Gasteiger partial charge in [0.15, 0.2) is 0 Å². The van der Waals surface area contributed by atoms with Crippen molar-refractivity contribution in [2.24, 2.45) is 0 Å². The van der Waals surface area contributed by atoms with Crippen LogP contribution in [-0.4, -0.2) is 40.7 Å². The lowest BCUT2D eigenvalue weighted by Gasteiger charge is -2.24. The van der Waals surface area contributed by atoms with E-state index in [4.69, 9.17) is 4.84 Å². The van der Waals surface area contributed by atoms with Crippen molar-refractivity contribution in [3.63, 3.8) is 0 Å². The lowest BCUT2D eigenvalue weighted by Crippen LogP contribution is -2.34. The van der Waals surface area contributed by atoms with Crippen molar-refractivity contribution in [2.45, 2.75) is 0 Å². The van der Waals surface area contributed by atoms with Gasteiger partial charge in [-0.05, 0) is 12.1 Å². The Balaban J connectivity index is 2.00. The maximum absolute atomic E-state index is 11.7. The molecule has 0 unspecified atom stereocenters. The molecule has 0 bridgehead atoms. The van der Waals surface area contributed by atoms with Crippen molar-refractivity contribution in [3.05, 3.63) is 29.8 Å². The second kappa shape index (κ2) is 5.23. The van der Waals surface area contributed by atoms with E-state index >= 15 is 0 Å². The molecule has 1 heterocycles. The number of aromatic hydroxyl groups is 1. The summed E-state index contributed by atoms with van der Waals surface area (Å²) >= 11 is 1.84. The molecule has 0 saturated carbocycles. The Morgan fingerprint density at radius 3 is 2.69 bits per heavy atom. The van der Waals surface area contributed by atoms with Crippen molar-refractivity contribution in [2.75, 3.05) is 24.6 Å². The van der Waals surface area contributed by atoms with Gasteiger partial charge in [0.2, 0.25) is 0 Å². The standard InChI is InChI=1S/C11H13NO3S/c13-10-4-2-1-3-9(10)11(14)15-12-5-7-16-8-6-12/h1-4,13H,5-8H2. The van der Waals surface area contributed by atoms with E-state index in [0.29, 0.717) is 0 Å². The van der Waals surface area contributed by atoms with E-state index in [1.54, 1.807) is 23.3 Å². The van der Waals surface area contributed by atoms with Crippen LogP contribution in [-0.2, 0) is 4.84 Å². The van der Waals surface area contributed by atoms with Gasteiger partial charge < -0.3 is 9.94 Å². The van der Waals surface area contributed by atoms with E-state index in [1.807, 2.05) is 11.8 Å². The summed E-state index contributed by atoms with van der Waals surface area (Å²) in [5.74, 6) is 1.39. The molecular formula is C11H13NO3S. The molecule has 5 heteroatoms. The van der Waals surface area contributed by atoms with Crippen molar-refractivity contribution in [1.82, 2.24) is 5.06 Å². The minimum absolute atomic E-state index is 0.0427. The van der Waals surface area contributed by atoms with Crippen LogP contribution in [0.5, 0.6) is 5.75 Å². The van der Waals surface area contributed by atoms with Crippen molar-refractivity contribution in [3.8, 4) is 5.75 Å². The molecule has 1 saturated heterocycles. The van der Waals surface area contributed by atoms with Gasteiger partial charge in [0.1, 0.15) is 11.3 Å². The molecule has 1 aromatic carbocycles. The van der Waals surface area contributed by atoms with Gasteiger partial charge in [-0.15, -0.1) is 5.06 Å².